The van der Waals surface area contributed by atoms with E-state index in [9.17, 15) is 4.79 Å². The maximum Gasteiger partial charge on any atom is 0.260 e. The monoisotopic (exact) mass is 392 g/mol. The molecular formula is C22H20N2O3S. The van der Waals surface area contributed by atoms with Gasteiger partial charge in [0.2, 0.25) is 0 Å². The van der Waals surface area contributed by atoms with Gasteiger partial charge < -0.3 is 14.5 Å². The van der Waals surface area contributed by atoms with Gasteiger partial charge in [-0.2, -0.15) is 0 Å². The van der Waals surface area contributed by atoms with Crippen LogP contribution in [0.3, 0.4) is 0 Å². The third-order valence-corrected chi connectivity index (χ3v) is 5.65. The Morgan fingerprint density at radius 3 is 2.46 bits per heavy atom. The van der Waals surface area contributed by atoms with E-state index in [4.69, 9.17) is 14.5 Å². The van der Waals surface area contributed by atoms with Crippen LogP contribution in [0, 0.1) is 13.8 Å². The molecule has 0 bridgehead atoms. The van der Waals surface area contributed by atoms with Crippen LogP contribution < -0.4 is 15.0 Å². The Hall–Kier alpha value is -3.12. The molecule has 6 heteroatoms. The number of H-pyrrole nitrogens is 1. The van der Waals surface area contributed by atoms with Gasteiger partial charge in [-0.3, -0.25) is 4.79 Å². The molecule has 28 heavy (non-hydrogen) atoms. The number of thiophene rings is 1. The van der Waals surface area contributed by atoms with Crippen LogP contribution in [0.5, 0.6) is 11.5 Å². The van der Waals surface area contributed by atoms with Gasteiger partial charge in [0.1, 0.15) is 10.7 Å². The number of hydrogen-bond acceptors (Lipinski definition) is 5. The highest BCUT2D eigenvalue weighted by Crippen LogP contribution is 2.35. The van der Waals surface area contributed by atoms with Gasteiger partial charge >= 0.3 is 0 Å². The van der Waals surface area contributed by atoms with E-state index < -0.39 is 0 Å². The lowest BCUT2D eigenvalue weighted by Crippen LogP contribution is -2.09. The fraction of sp³-hybridized carbons (Fsp3) is 0.182. The first-order valence-electron chi connectivity index (χ1n) is 8.83. The number of benzene rings is 2. The average molecular weight is 392 g/mol. The zero-order valence-electron chi connectivity index (χ0n) is 16.1. The van der Waals surface area contributed by atoms with Crippen molar-refractivity contribution < 1.29 is 9.47 Å². The van der Waals surface area contributed by atoms with Crippen molar-refractivity contribution >= 4 is 21.6 Å². The minimum absolute atomic E-state index is 0.147. The largest absolute Gasteiger partial charge is 0.493 e. The number of aromatic amines is 1. The molecule has 4 rings (SSSR count). The zero-order chi connectivity index (χ0) is 19.8. The molecule has 2 heterocycles. The number of aromatic nitrogens is 2. The molecule has 0 saturated carbocycles. The first-order valence-corrected chi connectivity index (χ1v) is 9.71. The summed E-state index contributed by atoms with van der Waals surface area (Å²) in [6, 6.07) is 11.7. The zero-order valence-corrected chi connectivity index (χ0v) is 16.9. The van der Waals surface area contributed by atoms with Gasteiger partial charge in [-0.05, 0) is 43.2 Å². The van der Waals surface area contributed by atoms with Crippen LogP contribution in [0.25, 0.3) is 32.7 Å². The van der Waals surface area contributed by atoms with E-state index >= 15 is 0 Å². The van der Waals surface area contributed by atoms with Gasteiger partial charge in [0.05, 0.1) is 19.6 Å². The summed E-state index contributed by atoms with van der Waals surface area (Å²) in [4.78, 5) is 21.3. The van der Waals surface area contributed by atoms with Gasteiger partial charge in [-0.1, -0.05) is 23.8 Å². The van der Waals surface area contributed by atoms with Crippen LogP contribution in [-0.4, -0.2) is 24.2 Å². The Bertz CT molecular complexity index is 1240. The fourth-order valence-electron chi connectivity index (χ4n) is 3.38. The van der Waals surface area contributed by atoms with Crippen molar-refractivity contribution in [3.63, 3.8) is 0 Å². The van der Waals surface area contributed by atoms with E-state index in [-0.39, 0.29) is 5.56 Å². The molecule has 2 aromatic heterocycles. The Labute approximate surface area is 166 Å². The van der Waals surface area contributed by atoms with Gasteiger partial charge in [-0.25, -0.2) is 4.98 Å². The van der Waals surface area contributed by atoms with Gasteiger partial charge in [0.15, 0.2) is 11.5 Å². The molecule has 5 nitrogen and oxygen atoms in total. The predicted molar refractivity (Wildman–Crippen MR) is 114 cm³/mol. The van der Waals surface area contributed by atoms with Crippen molar-refractivity contribution in [3.05, 3.63) is 63.3 Å². The predicted octanol–water partition coefficient (Wildman–Crippen LogP) is 4.95. The summed E-state index contributed by atoms with van der Waals surface area (Å²) in [6.07, 6.45) is 0. The van der Waals surface area contributed by atoms with Crippen molar-refractivity contribution in [2.24, 2.45) is 0 Å². The molecular weight excluding hydrogens is 372 g/mol. The molecule has 0 aliphatic rings. The summed E-state index contributed by atoms with van der Waals surface area (Å²) < 4.78 is 10.6. The van der Waals surface area contributed by atoms with Gasteiger partial charge in [0.25, 0.3) is 5.56 Å². The molecule has 0 fully saturated rings. The second-order valence-electron chi connectivity index (χ2n) is 6.63. The third kappa shape index (κ3) is 3.05. The number of ether oxygens (including phenoxy) is 2. The molecule has 142 valence electrons. The van der Waals surface area contributed by atoms with Crippen molar-refractivity contribution in [1.82, 2.24) is 9.97 Å². The number of hydrogen-bond donors (Lipinski definition) is 1. The normalized spacial score (nSPS) is 11.0. The summed E-state index contributed by atoms with van der Waals surface area (Å²) in [5, 5.41) is 2.63. The summed E-state index contributed by atoms with van der Waals surface area (Å²) in [7, 11) is 3.17. The van der Waals surface area contributed by atoms with Crippen molar-refractivity contribution in [2.75, 3.05) is 14.2 Å². The first-order chi connectivity index (χ1) is 13.5. The van der Waals surface area contributed by atoms with Gasteiger partial charge in [0, 0.05) is 16.5 Å². The van der Waals surface area contributed by atoms with Crippen LogP contribution in [0.15, 0.2) is 46.6 Å². The van der Waals surface area contributed by atoms with Crippen LogP contribution in [0.4, 0.5) is 0 Å². The van der Waals surface area contributed by atoms with Crippen molar-refractivity contribution in [1.29, 1.82) is 0 Å². The standard InChI is InChI=1S/C22H20N2O3S/c1-12-5-7-15(13(2)9-12)16-11-28-22-19(16)21(25)23-20(24-22)14-6-8-17(26-3)18(10-14)27-4/h5-11H,1-4H3,(H,23,24,25). The molecule has 0 saturated heterocycles. The topological polar surface area (TPSA) is 64.2 Å². The molecule has 0 aliphatic heterocycles. The van der Waals surface area contributed by atoms with E-state index in [1.54, 1.807) is 20.3 Å². The number of methoxy groups -OCH3 is 2. The average Bonchev–Trinajstić information content (AvgIpc) is 3.11. The number of fused-ring (bicyclic) bond motifs is 1. The van der Waals surface area contributed by atoms with Gasteiger partial charge in [-0.15, -0.1) is 11.3 Å². The Morgan fingerprint density at radius 2 is 1.75 bits per heavy atom. The lowest BCUT2D eigenvalue weighted by molar-refractivity contribution is 0.355. The van der Waals surface area contributed by atoms with Crippen molar-refractivity contribution in [3.8, 4) is 34.0 Å². The molecule has 0 unspecified atom stereocenters. The highest BCUT2D eigenvalue weighted by Gasteiger charge is 2.16. The molecule has 0 amide bonds. The smallest absolute Gasteiger partial charge is 0.260 e. The quantitative estimate of drug-likeness (QED) is 0.534. The molecule has 0 atom stereocenters. The highest BCUT2D eigenvalue weighted by atomic mass is 32.1. The maximum absolute atomic E-state index is 12.9. The lowest BCUT2D eigenvalue weighted by atomic mass is 9.99. The summed E-state index contributed by atoms with van der Waals surface area (Å²) >= 11 is 1.48. The number of nitrogens with one attached hydrogen (secondary N) is 1. The Morgan fingerprint density at radius 1 is 0.964 bits per heavy atom. The second kappa shape index (κ2) is 7.13. The SMILES string of the molecule is COc1ccc(-c2nc3scc(-c4ccc(C)cc4C)c3c(=O)[nH]2)cc1OC. The minimum Gasteiger partial charge on any atom is -0.493 e. The Balaban J connectivity index is 1.86. The van der Waals surface area contributed by atoms with Crippen LogP contribution in [0.2, 0.25) is 0 Å². The molecule has 0 spiro atoms. The lowest BCUT2D eigenvalue weighted by Gasteiger charge is -2.09. The number of rotatable bonds is 4. The number of nitrogens with zero attached hydrogens (tertiary/aromatic N) is 1. The van der Waals surface area contributed by atoms with E-state index in [0.717, 1.165) is 22.3 Å². The summed E-state index contributed by atoms with van der Waals surface area (Å²) in [6.45, 7) is 4.12. The molecule has 1 N–H and O–H groups in total. The Kier molecular flexibility index (Phi) is 4.65. The molecule has 2 aromatic carbocycles. The second-order valence-corrected chi connectivity index (χ2v) is 7.49. The van der Waals surface area contributed by atoms with Crippen LogP contribution in [0.1, 0.15) is 11.1 Å². The summed E-state index contributed by atoms with van der Waals surface area (Å²) in [5.41, 5.74) is 4.93. The minimum atomic E-state index is -0.147. The highest BCUT2D eigenvalue weighted by molar-refractivity contribution is 7.17. The first kappa shape index (κ1) is 18.3. The van der Waals surface area contributed by atoms with Crippen LogP contribution in [-0.2, 0) is 0 Å². The molecule has 0 radical (unpaired) electrons. The van der Waals surface area contributed by atoms with Crippen molar-refractivity contribution in [2.45, 2.75) is 13.8 Å². The molecule has 4 aromatic rings. The van der Waals surface area contributed by atoms with E-state index in [2.05, 4.69) is 37.0 Å². The third-order valence-electron chi connectivity index (χ3n) is 4.77. The maximum atomic E-state index is 12.9. The van der Waals surface area contributed by atoms with E-state index in [1.165, 1.54) is 16.9 Å². The molecule has 0 aliphatic carbocycles. The fourth-order valence-corrected chi connectivity index (χ4v) is 4.32. The van der Waals surface area contributed by atoms with Crippen LogP contribution >= 0.6 is 11.3 Å². The number of aryl methyl sites for hydroxylation is 2. The van der Waals surface area contributed by atoms with E-state index in [0.29, 0.717) is 27.5 Å². The van der Waals surface area contributed by atoms with E-state index in [1.807, 2.05) is 17.5 Å². The summed E-state index contributed by atoms with van der Waals surface area (Å²) in [5.74, 6) is 1.72.